The Morgan fingerprint density at radius 3 is 2.77 bits per heavy atom. The van der Waals surface area contributed by atoms with Crippen molar-refractivity contribution in [2.75, 3.05) is 13.1 Å². The molecule has 1 amide bonds. The highest BCUT2D eigenvalue weighted by Crippen LogP contribution is 2.15. The molecule has 0 bridgehead atoms. The molecule has 0 aliphatic carbocycles. The van der Waals surface area contributed by atoms with Gasteiger partial charge in [0.2, 0.25) is 0 Å². The van der Waals surface area contributed by atoms with Crippen LogP contribution in [0.25, 0.3) is 5.69 Å². The summed E-state index contributed by atoms with van der Waals surface area (Å²) in [6.45, 7) is 1.92. The summed E-state index contributed by atoms with van der Waals surface area (Å²) in [6.07, 6.45) is 2.32. The van der Waals surface area contributed by atoms with Crippen LogP contribution in [-0.2, 0) is 4.79 Å². The van der Waals surface area contributed by atoms with E-state index in [0.717, 1.165) is 5.69 Å². The van der Waals surface area contributed by atoms with Gasteiger partial charge in [-0.2, -0.15) is 5.10 Å². The van der Waals surface area contributed by atoms with E-state index in [2.05, 4.69) is 5.10 Å². The van der Waals surface area contributed by atoms with Gasteiger partial charge >= 0.3 is 5.97 Å². The molecule has 6 nitrogen and oxygen atoms in total. The summed E-state index contributed by atoms with van der Waals surface area (Å²) in [4.78, 5) is 24.5. The fourth-order valence-electron chi connectivity index (χ4n) is 2.05. The lowest BCUT2D eigenvalue weighted by molar-refractivity contribution is -0.137. The number of carbonyl (C=O) groups is 2. The molecule has 0 aliphatic heterocycles. The second-order valence-corrected chi connectivity index (χ2v) is 5.18. The van der Waals surface area contributed by atoms with E-state index in [1.54, 1.807) is 30.5 Å². The summed E-state index contributed by atoms with van der Waals surface area (Å²) >= 11 is 5.93. The van der Waals surface area contributed by atoms with Crippen molar-refractivity contribution >= 4 is 23.5 Å². The third-order valence-corrected chi connectivity index (χ3v) is 3.22. The Morgan fingerprint density at radius 2 is 2.14 bits per heavy atom. The standard InChI is InChI=1S/C15H16ClN3O3/c1-2-7-18(10-14(20)21)15(22)13-6-8-19(17-13)12-5-3-4-11(16)9-12/h3-6,8-9H,2,7,10H2,1H3,(H,20,21). The molecule has 7 heteroatoms. The molecule has 1 aromatic carbocycles. The average Bonchev–Trinajstić information content (AvgIpc) is 2.95. The van der Waals surface area contributed by atoms with Crippen LogP contribution in [0.15, 0.2) is 36.5 Å². The molecule has 1 heterocycles. The molecule has 1 N–H and O–H groups in total. The van der Waals surface area contributed by atoms with Crippen molar-refractivity contribution in [2.24, 2.45) is 0 Å². The van der Waals surface area contributed by atoms with Gasteiger partial charge in [-0.3, -0.25) is 9.59 Å². The van der Waals surface area contributed by atoms with Crippen molar-refractivity contribution in [1.29, 1.82) is 0 Å². The number of benzene rings is 1. The van der Waals surface area contributed by atoms with Crippen LogP contribution in [0.1, 0.15) is 23.8 Å². The Bertz CT molecular complexity index is 684. The summed E-state index contributed by atoms with van der Waals surface area (Å²) in [5.41, 5.74) is 0.932. The second-order valence-electron chi connectivity index (χ2n) is 4.75. The van der Waals surface area contributed by atoms with Gasteiger partial charge in [0.05, 0.1) is 5.69 Å². The molecule has 22 heavy (non-hydrogen) atoms. The quantitative estimate of drug-likeness (QED) is 0.886. The second kappa shape index (κ2) is 7.09. The van der Waals surface area contributed by atoms with Crippen LogP contribution in [0.4, 0.5) is 0 Å². The van der Waals surface area contributed by atoms with Gasteiger partial charge in [0, 0.05) is 17.8 Å². The molecule has 0 aliphatic rings. The molecular formula is C15H16ClN3O3. The summed E-state index contributed by atoms with van der Waals surface area (Å²) in [5.74, 6) is -1.44. The molecular weight excluding hydrogens is 306 g/mol. The first-order chi connectivity index (χ1) is 10.5. The van der Waals surface area contributed by atoms with Gasteiger partial charge in [-0.05, 0) is 30.7 Å². The maximum atomic E-state index is 12.3. The van der Waals surface area contributed by atoms with E-state index in [1.807, 2.05) is 13.0 Å². The summed E-state index contributed by atoms with van der Waals surface area (Å²) in [7, 11) is 0. The zero-order chi connectivity index (χ0) is 16.1. The smallest absolute Gasteiger partial charge is 0.323 e. The number of amides is 1. The Morgan fingerprint density at radius 1 is 1.36 bits per heavy atom. The number of carboxylic acids is 1. The number of carboxylic acid groups (broad SMARTS) is 1. The average molecular weight is 322 g/mol. The van der Waals surface area contributed by atoms with E-state index in [9.17, 15) is 9.59 Å². The van der Waals surface area contributed by atoms with Gasteiger partial charge in [0.25, 0.3) is 5.91 Å². The molecule has 2 aromatic rings. The highest BCUT2D eigenvalue weighted by atomic mass is 35.5. The van der Waals surface area contributed by atoms with Crippen LogP contribution < -0.4 is 0 Å². The molecule has 1 aromatic heterocycles. The molecule has 0 atom stereocenters. The zero-order valence-electron chi connectivity index (χ0n) is 12.1. The first-order valence-electron chi connectivity index (χ1n) is 6.84. The van der Waals surface area contributed by atoms with E-state index < -0.39 is 11.9 Å². The van der Waals surface area contributed by atoms with Gasteiger partial charge in [0.15, 0.2) is 5.69 Å². The van der Waals surface area contributed by atoms with Crippen LogP contribution in [-0.4, -0.2) is 44.8 Å². The van der Waals surface area contributed by atoms with Crippen molar-refractivity contribution < 1.29 is 14.7 Å². The Hall–Kier alpha value is -2.34. The minimum Gasteiger partial charge on any atom is -0.480 e. The number of hydrogen-bond donors (Lipinski definition) is 1. The highest BCUT2D eigenvalue weighted by molar-refractivity contribution is 6.30. The van der Waals surface area contributed by atoms with Crippen LogP contribution in [0.2, 0.25) is 5.02 Å². The summed E-state index contributed by atoms with van der Waals surface area (Å²) in [5, 5.41) is 13.7. The summed E-state index contributed by atoms with van der Waals surface area (Å²) < 4.78 is 1.53. The van der Waals surface area contributed by atoms with E-state index in [-0.39, 0.29) is 12.2 Å². The zero-order valence-corrected chi connectivity index (χ0v) is 12.8. The van der Waals surface area contributed by atoms with Gasteiger partial charge in [0.1, 0.15) is 6.54 Å². The highest BCUT2D eigenvalue weighted by Gasteiger charge is 2.20. The topological polar surface area (TPSA) is 75.4 Å². The first-order valence-corrected chi connectivity index (χ1v) is 7.21. The molecule has 0 unspecified atom stereocenters. The van der Waals surface area contributed by atoms with Crippen molar-refractivity contribution in [3.63, 3.8) is 0 Å². The van der Waals surface area contributed by atoms with E-state index >= 15 is 0 Å². The number of rotatable bonds is 6. The molecule has 0 saturated heterocycles. The Balaban J connectivity index is 2.22. The van der Waals surface area contributed by atoms with Gasteiger partial charge < -0.3 is 10.0 Å². The predicted molar refractivity (Wildman–Crippen MR) is 82.4 cm³/mol. The number of aromatic nitrogens is 2. The van der Waals surface area contributed by atoms with Crippen LogP contribution in [0.5, 0.6) is 0 Å². The molecule has 2 rings (SSSR count). The largest absolute Gasteiger partial charge is 0.480 e. The first kappa shape index (κ1) is 16.0. The molecule has 116 valence electrons. The molecule has 0 fully saturated rings. The monoisotopic (exact) mass is 321 g/mol. The molecule has 0 spiro atoms. The van der Waals surface area contributed by atoms with Crippen molar-refractivity contribution in [2.45, 2.75) is 13.3 Å². The normalized spacial score (nSPS) is 10.5. The van der Waals surface area contributed by atoms with E-state index in [0.29, 0.717) is 18.0 Å². The number of aliphatic carboxylic acids is 1. The minimum absolute atomic E-state index is 0.203. The third kappa shape index (κ3) is 3.85. The Kier molecular flexibility index (Phi) is 5.16. The minimum atomic E-state index is -1.05. The molecule has 0 saturated carbocycles. The Labute approximate surface area is 132 Å². The number of carbonyl (C=O) groups excluding carboxylic acids is 1. The fourth-order valence-corrected chi connectivity index (χ4v) is 2.23. The third-order valence-electron chi connectivity index (χ3n) is 2.99. The summed E-state index contributed by atoms with van der Waals surface area (Å²) in [6, 6.07) is 8.64. The van der Waals surface area contributed by atoms with E-state index in [1.165, 1.54) is 9.58 Å². The van der Waals surface area contributed by atoms with E-state index in [4.69, 9.17) is 16.7 Å². The van der Waals surface area contributed by atoms with Crippen LogP contribution in [0.3, 0.4) is 0 Å². The van der Waals surface area contributed by atoms with Gasteiger partial charge in [-0.1, -0.05) is 24.6 Å². The molecule has 0 radical (unpaired) electrons. The number of halogens is 1. The van der Waals surface area contributed by atoms with Crippen molar-refractivity contribution in [3.05, 3.63) is 47.2 Å². The van der Waals surface area contributed by atoms with Crippen LogP contribution >= 0.6 is 11.6 Å². The van der Waals surface area contributed by atoms with Gasteiger partial charge in [-0.15, -0.1) is 0 Å². The van der Waals surface area contributed by atoms with Crippen LogP contribution in [0, 0.1) is 0 Å². The fraction of sp³-hybridized carbons (Fsp3) is 0.267. The van der Waals surface area contributed by atoms with Gasteiger partial charge in [-0.25, -0.2) is 4.68 Å². The SMILES string of the molecule is CCCN(CC(=O)O)C(=O)c1ccn(-c2cccc(Cl)c2)n1. The number of nitrogens with zero attached hydrogens (tertiary/aromatic N) is 3. The van der Waals surface area contributed by atoms with Crippen molar-refractivity contribution in [1.82, 2.24) is 14.7 Å². The number of hydrogen-bond acceptors (Lipinski definition) is 3. The maximum absolute atomic E-state index is 12.3. The lowest BCUT2D eigenvalue weighted by Gasteiger charge is -2.18. The predicted octanol–water partition coefficient (Wildman–Crippen LogP) is 2.46. The lowest BCUT2D eigenvalue weighted by Crippen LogP contribution is -2.36. The van der Waals surface area contributed by atoms with Crippen molar-refractivity contribution in [3.8, 4) is 5.69 Å². The lowest BCUT2D eigenvalue weighted by atomic mass is 10.3. The maximum Gasteiger partial charge on any atom is 0.323 e.